The average molecular weight is 371 g/mol. The molecule has 1 aliphatic heterocycles. The molecule has 0 spiro atoms. The van der Waals surface area contributed by atoms with Crippen LogP contribution in [-0.4, -0.2) is 39.8 Å². The second-order valence-electron chi connectivity index (χ2n) is 6.57. The molecule has 0 radical (unpaired) electrons. The molecule has 1 fully saturated rings. The highest BCUT2D eigenvalue weighted by molar-refractivity contribution is 5.85. The third-order valence-electron chi connectivity index (χ3n) is 4.85. The fourth-order valence-electron chi connectivity index (χ4n) is 3.31. The molecule has 25 heavy (non-hydrogen) atoms. The summed E-state index contributed by atoms with van der Waals surface area (Å²) < 4.78 is 10.6. The van der Waals surface area contributed by atoms with Crippen LogP contribution < -0.4 is 20.1 Å². The van der Waals surface area contributed by atoms with Crippen molar-refractivity contribution in [3.63, 3.8) is 0 Å². The van der Waals surface area contributed by atoms with Gasteiger partial charge in [-0.3, -0.25) is 4.79 Å². The van der Waals surface area contributed by atoms with Gasteiger partial charge < -0.3 is 20.1 Å². The largest absolute Gasteiger partial charge is 0.497 e. The summed E-state index contributed by atoms with van der Waals surface area (Å²) in [5.74, 6) is 2.80. The van der Waals surface area contributed by atoms with Gasteiger partial charge in [-0.2, -0.15) is 0 Å². The molecule has 1 saturated heterocycles. The Morgan fingerprint density at radius 3 is 2.80 bits per heavy atom. The van der Waals surface area contributed by atoms with Gasteiger partial charge in [0.2, 0.25) is 5.91 Å². The Kier molecular flexibility index (Phi) is 9.68. The zero-order chi connectivity index (χ0) is 17.4. The fraction of sp³-hybridized carbons (Fsp3) is 0.632. The van der Waals surface area contributed by atoms with Crippen molar-refractivity contribution in [2.75, 3.05) is 33.9 Å². The van der Waals surface area contributed by atoms with Crippen molar-refractivity contribution in [3.05, 3.63) is 23.8 Å². The normalized spacial score (nSPS) is 18.0. The number of carbonyl (C=O) groups is 1. The number of ether oxygens (including phenoxy) is 2. The number of hydrogen-bond acceptors (Lipinski definition) is 4. The molecule has 1 aliphatic rings. The molecule has 0 bridgehead atoms. The van der Waals surface area contributed by atoms with E-state index in [1.807, 2.05) is 18.2 Å². The Labute approximate surface area is 157 Å². The average Bonchev–Trinajstić information content (AvgIpc) is 2.62. The van der Waals surface area contributed by atoms with Crippen LogP contribution in [0.2, 0.25) is 0 Å². The summed E-state index contributed by atoms with van der Waals surface area (Å²) in [5.41, 5.74) is 1.04. The Morgan fingerprint density at radius 1 is 1.36 bits per heavy atom. The lowest BCUT2D eigenvalue weighted by Gasteiger charge is -2.28. The SMILES string of the molecule is COc1ccc(OC)c(CCNC(=O)CC(C)C2CCCNC2)c1.Cl. The van der Waals surface area contributed by atoms with E-state index in [-0.39, 0.29) is 18.3 Å². The lowest BCUT2D eigenvalue weighted by atomic mass is 9.85. The van der Waals surface area contributed by atoms with Crippen LogP contribution in [0.5, 0.6) is 11.5 Å². The van der Waals surface area contributed by atoms with Gasteiger partial charge in [0.1, 0.15) is 11.5 Å². The second kappa shape index (κ2) is 11.2. The van der Waals surface area contributed by atoms with Gasteiger partial charge in [-0.05, 0) is 68.0 Å². The molecule has 142 valence electrons. The first-order valence-electron chi connectivity index (χ1n) is 8.82. The van der Waals surface area contributed by atoms with Crippen molar-refractivity contribution in [1.82, 2.24) is 10.6 Å². The minimum Gasteiger partial charge on any atom is -0.497 e. The number of benzene rings is 1. The summed E-state index contributed by atoms with van der Waals surface area (Å²) in [6, 6.07) is 5.73. The molecule has 2 N–H and O–H groups in total. The fourth-order valence-corrected chi connectivity index (χ4v) is 3.31. The lowest BCUT2D eigenvalue weighted by molar-refractivity contribution is -0.122. The quantitative estimate of drug-likeness (QED) is 0.738. The number of amides is 1. The van der Waals surface area contributed by atoms with Crippen molar-refractivity contribution < 1.29 is 14.3 Å². The Hall–Kier alpha value is -1.46. The molecular weight excluding hydrogens is 340 g/mol. The smallest absolute Gasteiger partial charge is 0.220 e. The summed E-state index contributed by atoms with van der Waals surface area (Å²) in [6.07, 6.45) is 3.77. The summed E-state index contributed by atoms with van der Waals surface area (Å²) in [5, 5.41) is 6.45. The molecule has 5 nitrogen and oxygen atoms in total. The third-order valence-corrected chi connectivity index (χ3v) is 4.85. The Morgan fingerprint density at radius 2 is 2.16 bits per heavy atom. The summed E-state index contributed by atoms with van der Waals surface area (Å²) in [4.78, 5) is 12.2. The molecule has 0 aliphatic carbocycles. The molecule has 2 atom stereocenters. The van der Waals surface area contributed by atoms with Gasteiger partial charge in [-0.15, -0.1) is 12.4 Å². The van der Waals surface area contributed by atoms with Gasteiger partial charge in [-0.25, -0.2) is 0 Å². The van der Waals surface area contributed by atoms with Gasteiger partial charge in [0.25, 0.3) is 0 Å². The zero-order valence-electron chi connectivity index (χ0n) is 15.5. The van der Waals surface area contributed by atoms with E-state index in [1.165, 1.54) is 12.8 Å². The molecule has 0 saturated carbocycles. The van der Waals surface area contributed by atoms with E-state index in [1.54, 1.807) is 14.2 Å². The molecule has 1 heterocycles. The summed E-state index contributed by atoms with van der Waals surface area (Å²) in [6.45, 7) is 4.94. The van der Waals surface area contributed by atoms with Crippen LogP contribution in [0.4, 0.5) is 0 Å². The third kappa shape index (κ3) is 6.75. The first kappa shape index (κ1) is 21.6. The molecule has 2 rings (SSSR count). The standard InChI is InChI=1S/C19H30N2O3.ClH/c1-14(16-5-4-9-20-13-16)11-19(22)21-10-8-15-12-17(23-2)6-7-18(15)24-3;/h6-7,12,14,16,20H,4-5,8-11,13H2,1-3H3,(H,21,22);1H. The Balaban J connectivity index is 0.00000312. The molecule has 0 aromatic heterocycles. The highest BCUT2D eigenvalue weighted by Gasteiger charge is 2.21. The van der Waals surface area contributed by atoms with E-state index in [9.17, 15) is 4.79 Å². The number of piperidine rings is 1. The molecule has 1 aromatic rings. The molecule has 1 amide bonds. The van der Waals surface area contributed by atoms with E-state index in [0.29, 0.717) is 24.8 Å². The number of hydrogen-bond donors (Lipinski definition) is 2. The van der Waals surface area contributed by atoms with Gasteiger partial charge in [0.05, 0.1) is 14.2 Å². The Bertz CT molecular complexity index is 533. The molecule has 1 aromatic carbocycles. The van der Waals surface area contributed by atoms with Gasteiger partial charge >= 0.3 is 0 Å². The van der Waals surface area contributed by atoms with Crippen LogP contribution in [0.25, 0.3) is 0 Å². The zero-order valence-corrected chi connectivity index (χ0v) is 16.3. The number of carbonyl (C=O) groups excluding carboxylic acids is 1. The maximum Gasteiger partial charge on any atom is 0.220 e. The summed E-state index contributed by atoms with van der Waals surface area (Å²) >= 11 is 0. The predicted octanol–water partition coefficient (Wildman–Crippen LogP) is 2.81. The number of rotatable bonds is 8. The van der Waals surface area contributed by atoms with Crippen LogP contribution in [0, 0.1) is 11.8 Å². The van der Waals surface area contributed by atoms with Crippen LogP contribution >= 0.6 is 12.4 Å². The van der Waals surface area contributed by atoms with Crippen molar-refractivity contribution in [2.45, 2.75) is 32.6 Å². The lowest BCUT2D eigenvalue weighted by Crippen LogP contribution is -2.36. The minimum atomic E-state index is 0. The van der Waals surface area contributed by atoms with E-state index < -0.39 is 0 Å². The maximum atomic E-state index is 12.2. The predicted molar refractivity (Wildman–Crippen MR) is 103 cm³/mol. The van der Waals surface area contributed by atoms with Gasteiger partial charge in [-0.1, -0.05) is 6.92 Å². The highest BCUT2D eigenvalue weighted by atomic mass is 35.5. The summed E-state index contributed by atoms with van der Waals surface area (Å²) in [7, 11) is 3.30. The van der Waals surface area contributed by atoms with Crippen LogP contribution in [0.1, 0.15) is 31.7 Å². The van der Waals surface area contributed by atoms with E-state index in [2.05, 4.69) is 17.6 Å². The monoisotopic (exact) mass is 370 g/mol. The minimum absolute atomic E-state index is 0. The first-order valence-corrected chi connectivity index (χ1v) is 8.82. The second-order valence-corrected chi connectivity index (χ2v) is 6.57. The van der Waals surface area contributed by atoms with E-state index >= 15 is 0 Å². The number of methoxy groups -OCH3 is 2. The maximum absolute atomic E-state index is 12.2. The first-order chi connectivity index (χ1) is 11.6. The van der Waals surface area contributed by atoms with Crippen LogP contribution in [-0.2, 0) is 11.2 Å². The van der Waals surface area contributed by atoms with Crippen LogP contribution in [0.15, 0.2) is 18.2 Å². The van der Waals surface area contributed by atoms with Crippen molar-refractivity contribution >= 4 is 18.3 Å². The molecular formula is C19H31ClN2O3. The van der Waals surface area contributed by atoms with Crippen molar-refractivity contribution in [3.8, 4) is 11.5 Å². The van der Waals surface area contributed by atoms with Crippen molar-refractivity contribution in [1.29, 1.82) is 0 Å². The topological polar surface area (TPSA) is 59.6 Å². The van der Waals surface area contributed by atoms with Crippen molar-refractivity contribution in [2.24, 2.45) is 11.8 Å². The van der Waals surface area contributed by atoms with E-state index in [0.717, 1.165) is 36.6 Å². The van der Waals surface area contributed by atoms with Crippen LogP contribution in [0.3, 0.4) is 0 Å². The highest BCUT2D eigenvalue weighted by Crippen LogP contribution is 2.24. The van der Waals surface area contributed by atoms with Gasteiger partial charge in [0.15, 0.2) is 0 Å². The number of halogens is 1. The van der Waals surface area contributed by atoms with E-state index in [4.69, 9.17) is 9.47 Å². The molecule has 2 unspecified atom stereocenters. The molecule has 6 heteroatoms. The van der Waals surface area contributed by atoms with Gasteiger partial charge in [0, 0.05) is 13.0 Å². The number of nitrogens with one attached hydrogen (secondary N) is 2.